The van der Waals surface area contributed by atoms with Gasteiger partial charge < -0.3 is 0 Å². The molecule has 0 amide bonds. The van der Waals surface area contributed by atoms with Crippen LogP contribution in [0.4, 0.5) is 0 Å². The van der Waals surface area contributed by atoms with E-state index in [9.17, 15) is 0 Å². The van der Waals surface area contributed by atoms with Crippen molar-refractivity contribution in [2.75, 3.05) is 0 Å². The monoisotopic (exact) mass is 280 g/mol. The van der Waals surface area contributed by atoms with Gasteiger partial charge in [-0.2, -0.15) is 0 Å². The summed E-state index contributed by atoms with van der Waals surface area (Å²) in [6, 6.07) is 10.0. The maximum Gasteiger partial charge on any atom is 0.187 e. The lowest BCUT2D eigenvalue weighted by Crippen LogP contribution is -1.86. The molecule has 0 saturated heterocycles. The SMILES string of the molecule is Brc1ccccc1CSc1ncccn1. The lowest BCUT2D eigenvalue weighted by Gasteiger charge is -2.02. The number of rotatable bonds is 3. The first-order valence-electron chi connectivity index (χ1n) is 4.49. The zero-order chi connectivity index (χ0) is 10.5. The van der Waals surface area contributed by atoms with E-state index in [-0.39, 0.29) is 0 Å². The average molecular weight is 281 g/mol. The molecule has 15 heavy (non-hydrogen) atoms. The fourth-order valence-electron chi connectivity index (χ4n) is 1.12. The fraction of sp³-hybridized carbons (Fsp3) is 0.0909. The van der Waals surface area contributed by atoms with E-state index in [4.69, 9.17) is 0 Å². The van der Waals surface area contributed by atoms with Crippen LogP contribution in [0.1, 0.15) is 5.56 Å². The normalized spacial score (nSPS) is 10.2. The van der Waals surface area contributed by atoms with Crippen molar-refractivity contribution in [3.05, 3.63) is 52.8 Å². The Morgan fingerprint density at radius 1 is 1.07 bits per heavy atom. The van der Waals surface area contributed by atoms with Gasteiger partial charge in [-0.1, -0.05) is 45.9 Å². The molecular weight excluding hydrogens is 272 g/mol. The molecule has 0 spiro atoms. The molecule has 0 aliphatic carbocycles. The molecule has 4 heteroatoms. The minimum absolute atomic E-state index is 0.813. The van der Waals surface area contributed by atoms with Crippen LogP contribution in [0.15, 0.2) is 52.4 Å². The van der Waals surface area contributed by atoms with Crippen LogP contribution in [0, 0.1) is 0 Å². The Balaban J connectivity index is 2.03. The van der Waals surface area contributed by atoms with E-state index >= 15 is 0 Å². The summed E-state index contributed by atoms with van der Waals surface area (Å²) in [6.07, 6.45) is 3.52. The van der Waals surface area contributed by atoms with Gasteiger partial charge in [0.2, 0.25) is 0 Å². The van der Waals surface area contributed by atoms with Gasteiger partial charge in [0, 0.05) is 22.6 Å². The summed E-state index contributed by atoms with van der Waals surface area (Å²) >= 11 is 5.15. The molecule has 0 N–H and O–H groups in total. The van der Waals surface area contributed by atoms with Crippen LogP contribution in [0.25, 0.3) is 0 Å². The van der Waals surface area contributed by atoms with E-state index in [1.54, 1.807) is 24.2 Å². The van der Waals surface area contributed by atoms with Crippen molar-refractivity contribution in [3.8, 4) is 0 Å². The Morgan fingerprint density at radius 2 is 1.80 bits per heavy atom. The van der Waals surface area contributed by atoms with Crippen molar-refractivity contribution >= 4 is 27.7 Å². The summed E-state index contributed by atoms with van der Waals surface area (Å²) in [5, 5.41) is 0.813. The van der Waals surface area contributed by atoms with E-state index in [0.29, 0.717) is 0 Å². The van der Waals surface area contributed by atoms with Gasteiger partial charge in [-0.25, -0.2) is 9.97 Å². The highest BCUT2D eigenvalue weighted by atomic mass is 79.9. The molecule has 0 saturated carbocycles. The van der Waals surface area contributed by atoms with Crippen molar-refractivity contribution < 1.29 is 0 Å². The molecule has 0 aliphatic rings. The number of nitrogens with zero attached hydrogens (tertiary/aromatic N) is 2. The number of benzene rings is 1. The minimum atomic E-state index is 0.813. The molecule has 0 atom stereocenters. The number of hydrogen-bond acceptors (Lipinski definition) is 3. The molecule has 0 radical (unpaired) electrons. The Morgan fingerprint density at radius 3 is 2.53 bits per heavy atom. The van der Waals surface area contributed by atoms with Crippen molar-refractivity contribution in [1.29, 1.82) is 0 Å². The lowest BCUT2D eigenvalue weighted by atomic mass is 10.2. The highest BCUT2D eigenvalue weighted by Gasteiger charge is 2.00. The first-order chi connectivity index (χ1) is 7.36. The standard InChI is InChI=1S/C11H9BrN2S/c12-10-5-2-1-4-9(10)8-15-11-13-6-3-7-14-11/h1-7H,8H2. The van der Waals surface area contributed by atoms with Crippen molar-refractivity contribution in [2.45, 2.75) is 10.9 Å². The van der Waals surface area contributed by atoms with Crippen molar-refractivity contribution in [3.63, 3.8) is 0 Å². The summed E-state index contributed by atoms with van der Waals surface area (Å²) in [6.45, 7) is 0. The zero-order valence-corrected chi connectivity index (χ0v) is 10.3. The van der Waals surface area contributed by atoms with Gasteiger partial charge in [-0.15, -0.1) is 0 Å². The second kappa shape index (κ2) is 5.28. The van der Waals surface area contributed by atoms with Crippen LogP contribution >= 0.6 is 27.7 Å². The van der Waals surface area contributed by atoms with Gasteiger partial charge in [-0.05, 0) is 17.7 Å². The molecule has 0 fully saturated rings. The molecule has 2 aromatic rings. The second-order valence-corrected chi connectivity index (χ2v) is 4.71. The van der Waals surface area contributed by atoms with E-state index in [1.165, 1.54) is 5.56 Å². The van der Waals surface area contributed by atoms with Crippen LogP contribution in [0.2, 0.25) is 0 Å². The summed E-state index contributed by atoms with van der Waals surface area (Å²) in [5.74, 6) is 0.880. The molecular formula is C11H9BrN2S. The highest BCUT2D eigenvalue weighted by Crippen LogP contribution is 2.24. The van der Waals surface area contributed by atoms with Crippen molar-refractivity contribution in [2.24, 2.45) is 0 Å². The Labute approximate surface area is 101 Å². The summed E-state index contributed by atoms with van der Waals surface area (Å²) in [5.41, 5.74) is 1.26. The molecule has 1 aromatic heterocycles. The predicted molar refractivity (Wildman–Crippen MR) is 65.7 cm³/mol. The van der Waals surface area contributed by atoms with Crippen molar-refractivity contribution in [1.82, 2.24) is 9.97 Å². The van der Waals surface area contributed by atoms with Gasteiger partial charge in [0.15, 0.2) is 5.16 Å². The highest BCUT2D eigenvalue weighted by molar-refractivity contribution is 9.10. The Bertz CT molecular complexity index is 434. The minimum Gasteiger partial charge on any atom is -0.231 e. The van der Waals surface area contributed by atoms with Crippen LogP contribution in [-0.2, 0) is 5.75 Å². The third-order valence-corrected chi connectivity index (χ3v) is 3.55. The van der Waals surface area contributed by atoms with Gasteiger partial charge >= 0.3 is 0 Å². The molecule has 0 bridgehead atoms. The zero-order valence-electron chi connectivity index (χ0n) is 7.93. The van der Waals surface area contributed by atoms with Crippen LogP contribution in [0.3, 0.4) is 0 Å². The lowest BCUT2D eigenvalue weighted by molar-refractivity contribution is 0.966. The van der Waals surface area contributed by atoms with E-state index < -0.39 is 0 Å². The second-order valence-electron chi connectivity index (χ2n) is 2.91. The number of aromatic nitrogens is 2. The average Bonchev–Trinajstić information content (AvgIpc) is 2.29. The number of halogens is 1. The van der Waals surface area contributed by atoms with Crippen LogP contribution < -0.4 is 0 Å². The Kier molecular flexibility index (Phi) is 3.75. The summed E-state index contributed by atoms with van der Waals surface area (Å²) in [4.78, 5) is 8.32. The Hall–Kier alpha value is -0.870. The van der Waals surface area contributed by atoms with Gasteiger partial charge in [0.05, 0.1) is 0 Å². The number of thioether (sulfide) groups is 1. The smallest absolute Gasteiger partial charge is 0.187 e. The van der Waals surface area contributed by atoms with E-state index in [1.807, 2.05) is 24.3 Å². The molecule has 0 unspecified atom stereocenters. The van der Waals surface area contributed by atoms with Gasteiger partial charge in [0.25, 0.3) is 0 Å². The molecule has 0 aliphatic heterocycles. The van der Waals surface area contributed by atoms with Crippen LogP contribution in [-0.4, -0.2) is 9.97 Å². The molecule has 2 rings (SSSR count). The van der Waals surface area contributed by atoms with Crippen LogP contribution in [0.5, 0.6) is 0 Å². The number of hydrogen-bond donors (Lipinski definition) is 0. The molecule has 76 valence electrons. The van der Waals surface area contributed by atoms with E-state index in [2.05, 4.69) is 32.0 Å². The molecule has 2 nitrogen and oxygen atoms in total. The third kappa shape index (κ3) is 3.04. The maximum absolute atomic E-state index is 4.16. The molecule has 1 aromatic carbocycles. The third-order valence-electron chi connectivity index (χ3n) is 1.86. The predicted octanol–water partition coefficient (Wildman–Crippen LogP) is 3.53. The molecule has 1 heterocycles. The van der Waals surface area contributed by atoms with Gasteiger partial charge in [0.1, 0.15) is 0 Å². The fourth-order valence-corrected chi connectivity index (χ4v) is 2.54. The largest absolute Gasteiger partial charge is 0.231 e. The first kappa shape index (κ1) is 10.6. The maximum atomic E-state index is 4.16. The summed E-state index contributed by atoms with van der Waals surface area (Å²) < 4.78 is 1.13. The van der Waals surface area contributed by atoms with E-state index in [0.717, 1.165) is 15.4 Å². The quantitative estimate of drug-likeness (QED) is 0.635. The van der Waals surface area contributed by atoms with Gasteiger partial charge in [-0.3, -0.25) is 0 Å². The first-order valence-corrected chi connectivity index (χ1v) is 6.27. The summed E-state index contributed by atoms with van der Waals surface area (Å²) in [7, 11) is 0. The topological polar surface area (TPSA) is 25.8 Å².